The van der Waals surface area contributed by atoms with Gasteiger partial charge in [-0.25, -0.2) is 4.39 Å². The van der Waals surface area contributed by atoms with Crippen molar-refractivity contribution in [3.05, 3.63) is 35.9 Å². The largest absolute Gasteiger partial charge is 0.390 e. The lowest BCUT2D eigenvalue weighted by atomic mass is 9.85. The van der Waals surface area contributed by atoms with Crippen molar-refractivity contribution in [1.29, 1.82) is 0 Å². The lowest BCUT2D eigenvalue weighted by Gasteiger charge is -2.39. The second-order valence-corrected chi connectivity index (χ2v) is 5.24. The van der Waals surface area contributed by atoms with Gasteiger partial charge >= 0.3 is 0 Å². The van der Waals surface area contributed by atoms with Gasteiger partial charge in [0.15, 0.2) is 0 Å². The molecule has 1 aliphatic heterocycles. The Morgan fingerprint density at radius 2 is 1.89 bits per heavy atom. The van der Waals surface area contributed by atoms with Crippen LogP contribution in [-0.4, -0.2) is 30.3 Å². The first-order chi connectivity index (χ1) is 9.09. The van der Waals surface area contributed by atoms with Gasteiger partial charge in [0.2, 0.25) is 6.36 Å². The molecule has 1 heterocycles. The van der Waals surface area contributed by atoms with Crippen molar-refractivity contribution < 1.29 is 19.0 Å². The third-order valence-electron chi connectivity index (χ3n) is 3.86. The Morgan fingerprint density at radius 1 is 1.21 bits per heavy atom. The Balaban J connectivity index is 1.82. The molecule has 1 aliphatic rings. The molecule has 1 fully saturated rings. The molecule has 1 aromatic carbocycles. The monoisotopic (exact) mass is 268 g/mol. The molecule has 0 spiro atoms. The third-order valence-corrected chi connectivity index (χ3v) is 3.86. The highest BCUT2D eigenvalue weighted by atomic mass is 19.1. The van der Waals surface area contributed by atoms with Gasteiger partial charge in [-0.05, 0) is 11.5 Å². The number of aliphatic hydroxyl groups excluding tert-OH is 1. The number of aliphatic hydroxyl groups is 1. The Labute approximate surface area is 113 Å². The minimum absolute atomic E-state index is 0.130. The molecule has 1 N–H and O–H groups in total. The zero-order valence-electron chi connectivity index (χ0n) is 11.3. The van der Waals surface area contributed by atoms with Gasteiger partial charge < -0.3 is 14.6 Å². The molecule has 4 heteroatoms. The van der Waals surface area contributed by atoms with Crippen LogP contribution < -0.4 is 0 Å². The summed E-state index contributed by atoms with van der Waals surface area (Å²) in [6.45, 7) is 4.23. The SMILES string of the molecule is CC1[C@H](F)OC(COCc2ccccc2)[C@@H](O)[C@@H]1C. The van der Waals surface area contributed by atoms with Crippen LogP contribution in [0.25, 0.3) is 0 Å². The summed E-state index contributed by atoms with van der Waals surface area (Å²) >= 11 is 0. The maximum Gasteiger partial charge on any atom is 0.202 e. The Kier molecular flexibility index (Phi) is 4.91. The Bertz CT molecular complexity index is 384. The fourth-order valence-corrected chi connectivity index (χ4v) is 2.26. The van der Waals surface area contributed by atoms with Crippen molar-refractivity contribution in [1.82, 2.24) is 0 Å². The van der Waals surface area contributed by atoms with E-state index in [-0.39, 0.29) is 18.4 Å². The Hall–Kier alpha value is -0.970. The minimum atomic E-state index is -1.33. The molecule has 0 aromatic heterocycles. The summed E-state index contributed by atoms with van der Waals surface area (Å²) in [4.78, 5) is 0. The van der Waals surface area contributed by atoms with Gasteiger partial charge in [0.05, 0.1) is 19.3 Å². The van der Waals surface area contributed by atoms with E-state index in [2.05, 4.69) is 0 Å². The topological polar surface area (TPSA) is 38.7 Å². The van der Waals surface area contributed by atoms with E-state index in [0.717, 1.165) is 5.56 Å². The van der Waals surface area contributed by atoms with Crippen molar-refractivity contribution >= 4 is 0 Å². The summed E-state index contributed by atoms with van der Waals surface area (Å²) in [7, 11) is 0. The first-order valence-electron chi connectivity index (χ1n) is 6.69. The first-order valence-corrected chi connectivity index (χ1v) is 6.69. The fraction of sp³-hybridized carbons (Fsp3) is 0.600. The smallest absolute Gasteiger partial charge is 0.202 e. The van der Waals surface area contributed by atoms with Gasteiger partial charge in [-0.3, -0.25) is 0 Å². The molecule has 1 saturated heterocycles. The molecule has 0 aliphatic carbocycles. The lowest BCUT2D eigenvalue weighted by Crippen LogP contribution is -2.49. The van der Waals surface area contributed by atoms with Gasteiger partial charge in [0, 0.05) is 5.92 Å². The van der Waals surface area contributed by atoms with Crippen LogP contribution in [0, 0.1) is 11.8 Å². The summed E-state index contributed by atoms with van der Waals surface area (Å²) in [6.07, 6.45) is -2.61. The number of hydrogen-bond donors (Lipinski definition) is 1. The van der Waals surface area contributed by atoms with E-state index >= 15 is 0 Å². The van der Waals surface area contributed by atoms with Crippen LogP contribution in [0.1, 0.15) is 19.4 Å². The second kappa shape index (κ2) is 6.46. The highest BCUT2D eigenvalue weighted by Crippen LogP contribution is 2.31. The van der Waals surface area contributed by atoms with Gasteiger partial charge in [0.1, 0.15) is 6.10 Å². The predicted molar refractivity (Wildman–Crippen MR) is 70.2 cm³/mol. The molecule has 0 amide bonds. The maximum atomic E-state index is 13.6. The van der Waals surface area contributed by atoms with Crippen molar-refractivity contribution in [2.45, 2.75) is 39.0 Å². The van der Waals surface area contributed by atoms with E-state index in [0.29, 0.717) is 6.61 Å². The fourth-order valence-electron chi connectivity index (χ4n) is 2.26. The van der Waals surface area contributed by atoms with Crippen LogP contribution in [0.5, 0.6) is 0 Å². The van der Waals surface area contributed by atoms with Crippen LogP contribution in [-0.2, 0) is 16.1 Å². The highest BCUT2D eigenvalue weighted by Gasteiger charge is 2.40. The molecule has 106 valence electrons. The average Bonchev–Trinajstić information content (AvgIpc) is 2.43. The second-order valence-electron chi connectivity index (χ2n) is 5.24. The van der Waals surface area contributed by atoms with E-state index in [1.165, 1.54) is 0 Å². The van der Waals surface area contributed by atoms with Crippen molar-refractivity contribution in [2.24, 2.45) is 11.8 Å². The van der Waals surface area contributed by atoms with Crippen LogP contribution in [0.15, 0.2) is 30.3 Å². The lowest BCUT2D eigenvalue weighted by molar-refractivity contribution is -0.226. The number of benzene rings is 1. The summed E-state index contributed by atoms with van der Waals surface area (Å²) < 4.78 is 24.3. The molecular formula is C15H21FO3. The molecule has 1 aromatic rings. The molecule has 3 nitrogen and oxygen atoms in total. The van der Waals surface area contributed by atoms with Crippen LogP contribution in [0.4, 0.5) is 4.39 Å². The molecule has 2 rings (SSSR count). The molecule has 0 saturated carbocycles. The molecule has 19 heavy (non-hydrogen) atoms. The molecule has 0 radical (unpaired) electrons. The number of halogens is 1. The van der Waals surface area contributed by atoms with Gasteiger partial charge in [-0.15, -0.1) is 0 Å². The maximum absolute atomic E-state index is 13.6. The van der Waals surface area contributed by atoms with Crippen LogP contribution >= 0.6 is 0 Å². The molecule has 2 unspecified atom stereocenters. The zero-order chi connectivity index (χ0) is 13.8. The van der Waals surface area contributed by atoms with Crippen LogP contribution in [0.2, 0.25) is 0 Å². The summed E-state index contributed by atoms with van der Waals surface area (Å²) in [6, 6.07) is 9.73. The van der Waals surface area contributed by atoms with Gasteiger partial charge in [-0.1, -0.05) is 44.2 Å². The quantitative estimate of drug-likeness (QED) is 0.912. The third kappa shape index (κ3) is 3.53. The number of hydrogen-bond acceptors (Lipinski definition) is 3. The number of ether oxygens (including phenoxy) is 2. The average molecular weight is 268 g/mol. The van der Waals surface area contributed by atoms with Crippen LogP contribution in [0.3, 0.4) is 0 Å². The van der Waals surface area contributed by atoms with Gasteiger partial charge in [-0.2, -0.15) is 0 Å². The zero-order valence-corrected chi connectivity index (χ0v) is 11.3. The van der Waals surface area contributed by atoms with E-state index < -0.39 is 18.6 Å². The normalized spacial score (nSPS) is 35.3. The van der Waals surface area contributed by atoms with E-state index in [1.807, 2.05) is 37.3 Å². The van der Waals surface area contributed by atoms with Crippen molar-refractivity contribution in [3.63, 3.8) is 0 Å². The minimum Gasteiger partial charge on any atom is -0.390 e. The summed E-state index contributed by atoms with van der Waals surface area (Å²) in [5.41, 5.74) is 1.05. The van der Waals surface area contributed by atoms with E-state index in [1.54, 1.807) is 6.92 Å². The van der Waals surface area contributed by atoms with Crippen molar-refractivity contribution in [3.8, 4) is 0 Å². The van der Waals surface area contributed by atoms with E-state index in [4.69, 9.17) is 9.47 Å². The molecule has 0 bridgehead atoms. The Morgan fingerprint density at radius 3 is 2.58 bits per heavy atom. The number of alkyl halides is 1. The summed E-state index contributed by atoms with van der Waals surface area (Å²) in [5.74, 6) is -0.422. The van der Waals surface area contributed by atoms with Gasteiger partial charge in [0.25, 0.3) is 0 Å². The standard InChI is InChI=1S/C15H21FO3/c1-10-11(2)15(16)19-13(14(10)17)9-18-8-12-6-4-3-5-7-12/h3-7,10-11,13-15,17H,8-9H2,1-2H3/t10-,11?,13?,14+,15-/m1/s1. The predicted octanol–water partition coefficient (Wildman–Crippen LogP) is 2.53. The van der Waals surface area contributed by atoms with Crippen molar-refractivity contribution in [2.75, 3.05) is 6.61 Å². The number of rotatable bonds is 4. The summed E-state index contributed by atoms with van der Waals surface area (Å²) in [5, 5.41) is 10.1. The molecular weight excluding hydrogens is 247 g/mol. The first kappa shape index (κ1) is 14.4. The molecule has 5 atom stereocenters. The highest BCUT2D eigenvalue weighted by molar-refractivity contribution is 5.13. The van der Waals surface area contributed by atoms with E-state index in [9.17, 15) is 9.50 Å².